The van der Waals surface area contributed by atoms with Gasteiger partial charge in [-0.2, -0.15) is 10.2 Å². The molecule has 1 fully saturated rings. The smallest absolute Gasteiger partial charge is 0.267 e. The van der Waals surface area contributed by atoms with Crippen LogP contribution in [0.15, 0.2) is 70.6 Å². The van der Waals surface area contributed by atoms with Gasteiger partial charge in [-0.3, -0.25) is 9.59 Å². The minimum atomic E-state index is -0.403. The second kappa shape index (κ2) is 11.0. The van der Waals surface area contributed by atoms with E-state index in [0.29, 0.717) is 12.2 Å². The molecule has 3 aromatic rings. The van der Waals surface area contributed by atoms with Crippen LogP contribution in [0.1, 0.15) is 11.1 Å². The van der Waals surface area contributed by atoms with Gasteiger partial charge in [-0.1, -0.05) is 41.4 Å². The second-order valence-corrected chi connectivity index (χ2v) is 8.61. The van der Waals surface area contributed by atoms with E-state index in [1.54, 1.807) is 12.3 Å². The van der Waals surface area contributed by atoms with E-state index in [-0.39, 0.29) is 12.1 Å². The maximum atomic E-state index is 12.3. The number of aryl methyl sites for hydroxylation is 1. The average Bonchev–Trinajstić information content (AvgIpc) is 2.85. The number of hydrogen-bond acceptors (Lipinski definition) is 6. The molecule has 4 rings (SSSR count). The zero-order chi connectivity index (χ0) is 23.9. The molecule has 0 saturated carbocycles. The maximum Gasteiger partial charge on any atom is 0.267 e. The highest BCUT2D eigenvalue weighted by molar-refractivity contribution is 6.30. The Labute approximate surface area is 203 Å². The van der Waals surface area contributed by atoms with Gasteiger partial charge in [0, 0.05) is 55.6 Å². The van der Waals surface area contributed by atoms with Crippen LogP contribution in [0.2, 0.25) is 5.02 Å². The summed E-state index contributed by atoms with van der Waals surface area (Å²) in [4.78, 5) is 28.9. The van der Waals surface area contributed by atoms with Crippen LogP contribution < -0.4 is 20.8 Å². The van der Waals surface area contributed by atoms with Crippen molar-refractivity contribution in [2.24, 2.45) is 5.10 Å². The van der Waals surface area contributed by atoms with Crippen molar-refractivity contribution in [3.05, 3.63) is 87.2 Å². The standard InChI is InChI=1S/C25H27ClN6O2/c1-19-2-4-20(5-3-19)12-13-27-28-24(33)18-32-25(34)11-10-23(29-32)31-16-14-30(15-17-31)22-8-6-21(26)7-9-22/h2-11,13H,12,14-18H2,1H3,(H,28,33)/b27-13+. The Bertz CT molecular complexity index is 1200. The molecule has 2 heterocycles. The third-order valence-electron chi connectivity index (χ3n) is 5.67. The lowest BCUT2D eigenvalue weighted by atomic mass is 10.1. The highest BCUT2D eigenvalue weighted by Crippen LogP contribution is 2.20. The Morgan fingerprint density at radius 3 is 2.38 bits per heavy atom. The quantitative estimate of drug-likeness (QED) is 0.417. The molecule has 1 amide bonds. The Balaban J connectivity index is 1.30. The first-order valence-electron chi connectivity index (χ1n) is 11.2. The van der Waals surface area contributed by atoms with Gasteiger partial charge in [0.25, 0.3) is 11.5 Å². The summed E-state index contributed by atoms with van der Waals surface area (Å²) in [5, 5.41) is 9.11. The predicted octanol–water partition coefficient (Wildman–Crippen LogP) is 2.88. The van der Waals surface area contributed by atoms with E-state index in [2.05, 4.69) is 25.4 Å². The van der Waals surface area contributed by atoms with Crippen LogP contribution in [0.3, 0.4) is 0 Å². The Morgan fingerprint density at radius 1 is 1.00 bits per heavy atom. The van der Waals surface area contributed by atoms with Crippen LogP contribution in [-0.2, 0) is 17.8 Å². The average molecular weight is 479 g/mol. The van der Waals surface area contributed by atoms with E-state index in [0.717, 1.165) is 42.5 Å². The molecule has 9 heteroatoms. The highest BCUT2D eigenvalue weighted by atomic mass is 35.5. The Hall–Kier alpha value is -3.65. The van der Waals surface area contributed by atoms with Crippen molar-refractivity contribution in [2.75, 3.05) is 36.0 Å². The fraction of sp³-hybridized carbons (Fsp3) is 0.280. The molecule has 1 aromatic heterocycles. The summed E-state index contributed by atoms with van der Waals surface area (Å²) < 4.78 is 1.17. The molecule has 0 unspecified atom stereocenters. The van der Waals surface area contributed by atoms with Crippen molar-refractivity contribution in [3.8, 4) is 0 Å². The number of rotatable bonds is 7. The molecule has 1 N–H and O–H groups in total. The molecule has 1 aliphatic heterocycles. The summed E-state index contributed by atoms with van der Waals surface area (Å²) in [5.41, 5.74) is 5.56. The molecule has 0 radical (unpaired) electrons. The third-order valence-corrected chi connectivity index (χ3v) is 5.92. The maximum absolute atomic E-state index is 12.3. The van der Waals surface area contributed by atoms with Gasteiger partial charge in [0.1, 0.15) is 12.4 Å². The number of nitrogens with zero attached hydrogens (tertiary/aromatic N) is 5. The molecule has 1 saturated heterocycles. The molecule has 0 atom stereocenters. The number of hydrogen-bond donors (Lipinski definition) is 1. The summed E-state index contributed by atoms with van der Waals surface area (Å²) in [5.74, 6) is 0.269. The predicted molar refractivity (Wildman–Crippen MR) is 136 cm³/mol. The van der Waals surface area contributed by atoms with Gasteiger partial charge in [-0.05, 0) is 42.8 Å². The van der Waals surface area contributed by atoms with Crippen molar-refractivity contribution in [2.45, 2.75) is 19.9 Å². The number of halogens is 1. The van der Waals surface area contributed by atoms with Crippen LogP contribution in [0.5, 0.6) is 0 Å². The van der Waals surface area contributed by atoms with E-state index in [4.69, 9.17) is 11.6 Å². The molecular weight excluding hydrogens is 452 g/mol. The van der Waals surface area contributed by atoms with Crippen LogP contribution in [-0.4, -0.2) is 48.1 Å². The first-order valence-corrected chi connectivity index (χ1v) is 11.6. The molecule has 8 nitrogen and oxygen atoms in total. The number of amides is 1. The number of aromatic nitrogens is 2. The molecule has 0 aliphatic carbocycles. The monoisotopic (exact) mass is 478 g/mol. The van der Waals surface area contributed by atoms with Gasteiger partial charge in [-0.25, -0.2) is 10.1 Å². The number of carbonyl (C=O) groups is 1. The number of nitrogens with one attached hydrogen (secondary N) is 1. The van der Waals surface area contributed by atoms with Gasteiger partial charge in [-0.15, -0.1) is 0 Å². The zero-order valence-corrected chi connectivity index (χ0v) is 19.8. The molecule has 2 aromatic carbocycles. The summed E-state index contributed by atoms with van der Waals surface area (Å²) in [7, 11) is 0. The summed E-state index contributed by atoms with van der Waals surface area (Å²) in [6, 6.07) is 19.1. The van der Waals surface area contributed by atoms with Crippen LogP contribution >= 0.6 is 11.6 Å². The number of anilines is 2. The van der Waals surface area contributed by atoms with Crippen molar-refractivity contribution < 1.29 is 4.79 Å². The Morgan fingerprint density at radius 2 is 1.68 bits per heavy atom. The van der Waals surface area contributed by atoms with Gasteiger partial charge in [0.2, 0.25) is 0 Å². The lowest BCUT2D eigenvalue weighted by Crippen LogP contribution is -2.47. The summed E-state index contributed by atoms with van der Waals surface area (Å²) in [6.07, 6.45) is 2.24. The topological polar surface area (TPSA) is 82.8 Å². The lowest BCUT2D eigenvalue weighted by Gasteiger charge is -2.36. The minimum absolute atomic E-state index is 0.195. The SMILES string of the molecule is Cc1ccc(C/C=N/NC(=O)Cn2nc(N3CCN(c4ccc(Cl)cc4)CC3)ccc2=O)cc1. The molecule has 176 valence electrons. The fourth-order valence-electron chi connectivity index (χ4n) is 3.73. The van der Waals surface area contributed by atoms with Crippen LogP contribution in [0.25, 0.3) is 0 Å². The first kappa shape index (κ1) is 23.5. The van der Waals surface area contributed by atoms with Crippen LogP contribution in [0.4, 0.5) is 11.5 Å². The fourth-order valence-corrected chi connectivity index (χ4v) is 3.86. The normalized spacial score (nSPS) is 13.9. The minimum Gasteiger partial charge on any atom is -0.368 e. The van der Waals surface area contributed by atoms with Crippen molar-refractivity contribution in [1.29, 1.82) is 0 Å². The highest BCUT2D eigenvalue weighted by Gasteiger charge is 2.19. The number of hydrazone groups is 1. The molecular formula is C25H27ClN6O2. The van der Waals surface area contributed by atoms with E-state index in [9.17, 15) is 9.59 Å². The molecule has 0 bridgehead atoms. The van der Waals surface area contributed by atoms with Crippen LogP contribution in [0, 0.1) is 6.92 Å². The van der Waals surface area contributed by atoms with E-state index in [1.807, 2.05) is 55.5 Å². The van der Waals surface area contributed by atoms with E-state index in [1.165, 1.54) is 16.3 Å². The third kappa shape index (κ3) is 6.23. The van der Waals surface area contributed by atoms with Gasteiger partial charge < -0.3 is 9.80 Å². The summed E-state index contributed by atoms with van der Waals surface area (Å²) >= 11 is 5.98. The van der Waals surface area contributed by atoms with Crippen molar-refractivity contribution in [3.63, 3.8) is 0 Å². The molecule has 1 aliphatic rings. The first-order chi connectivity index (χ1) is 16.5. The summed E-state index contributed by atoms with van der Waals surface area (Å²) in [6.45, 7) is 4.98. The van der Waals surface area contributed by atoms with Crippen molar-refractivity contribution >= 4 is 35.2 Å². The number of carbonyl (C=O) groups excluding carboxylic acids is 1. The van der Waals surface area contributed by atoms with Gasteiger partial charge >= 0.3 is 0 Å². The number of piperazine rings is 1. The largest absolute Gasteiger partial charge is 0.368 e. The molecule has 0 spiro atoms. The molecule has 34 heavy (non-hydrogen) atoms. The van der Waals surface area contributed by atoms with Crippen molar-refractivity contribution in [1.82, 2.24) is 15.2 Å². The van der Waals surface area contributed by atoms with E-state index >= 15 is 0 Å². The van der Waals surface area contributed by atoms with E-state index < -0.39 is 5.91 Å². The lowest BCUT2D eigenvalue weighted by molar-refractivity contribution is -0.121. The number of benzene rings is 2. The van der Waals surface area contributed by atoms with Gasteiger partial charge in [0.05, 0.1) is 0 Å². The zero-order valence-electron chi connectivity index (χ0n) is 19.0. The van der Waals surface area contributed by atoms with Gasteiger partial charge in [0.15, 0.2) is 0 Å². The second-order valence-electron chi connectivity index (χ2n) is 8.17. The Kier molecular flexibility index (Phi) is 7.59.